The van der Waals surface area contributed by atoms with Crippen molar-refractivity contribution in [2.24, 2.45) is 17.8 Å². The summed E-state index contributed by atoms with van der Waals surface area (Å²) in [5.41, 5.74) is 5.27. The fourth-order valence-corrected chi connectivity index (χ4v) is 9.85. The Labute approximate surface area is 243 Å². The van der Waals surface area contributed by atoms with Crippen LogP contribution in [0.5, 0.6) is 0 Å². The van der Waals surface area contributed by atoms with Crippen molar-refractivity contribution in [3.8, 4) is 0 Å². The van der Waals surface area contributed by atoms with Gasteiger partial charge in [0.15, 0.2) is 0 Å². The van der Waals surface area contributed by atoms with Crippen LogP contribution in [0.1, 0.15) is 56.4 Å². The van der Waals surface area contributed by atoms with Crippen LogP contribution in [0.25, 0.3) is 0 Å². The van der Waals surface area contributed by atoms with E-state index in [4.69, 9.17) is 0 Å². The van der Waals surface area contributed by atoms with E-state index in [0.29, 0.717) is 115 Å². The van der Waals surface area contributed by atoms with Gasteiger partial charge in [0, 0.05) is 0 Å². The average molecular weight is 679 g/mol. The molecule has 3 rings (SSSR count). The first-order valence-electron chi connectivity index (χ1n) is 10.7. The Morgan fingerprint density at radius 3 is 2.36 bits per heavy atom. The summed E-state index contributed by atoms with van der Waals surface area (Å²) >= 11 is 2.70. The third-order valence-corrected chi connectivity index (χ3v) is 14.2. The van der Waals surface area contributed by atoms with Crippen molar-refractivity contribution >= 4 is 66.5 Å². The molecule has 0 spiro atoms. The average Bonchev–Trinajstić information content (AvgIpc) is 2.67. The molecule has 1 nitrogen and oxygen atoms in total. The first-order valence-corrected chi connectivity index (χ1v) is 18.2. The molecule has 0 amide bonds. The van der Waals surface area contributed by atoms with Gasteiger partial charge in [-0.05, 0) is 0 Å². The van der Waals surface area contributed by atoms with Crippen molar-refractivity contribution in [3.05, 3.63) is 58.7 Å². The number of aryl methyl sites for hydroxylation is 1. The Bertz CT molecular complexity index is 835. The van der Waals surface area contributed by atoms with Crippen LogP contribution in [-0.4, -0.2) is 65.9 Å². The molecule has 0 saturated carbocycles. The Kier molecular flexibility index (Phi) is 9.08. The van der Waals surface area contributed by atoms with E-state index in [1.54, 1.807) is 0 Å². The van der Waals surface area contributed by atoms with Crippen LogP contribution in [0.3, 0.4) is 0 Å². The number of rotatable bonds is 4. The molecule has 0 radical (unpaired) electrons. The molecule has 1 unspecified atom stereocenters. The SMILES string of the molecule is CC[C@H]1SC(O)(c2cc(Cc3cc[c]([RaH])cc3)[c]([Rb])cc2C)[C@H](C)[C@@H](C)[C@@H]1C. The molecule has 1 aliphatic heterocycles. The third-order valence-electron chi connectivity index (χ3n) is 7.14. The number of benzene rings is 2. The third kappa shape index (κ3) is 5.15. The standard InChI is InChI=1S/C24H30OS.Ra.Rb.H/c1-6-23-18(4)17(3)19(5)24(25,26-23)22-15-21(13-12-16(22)2)14-20-10-8-7-9-11-20;;;/h8-12,15,17-19,23,25H,6,14H2,1-5H3;;;/t17-,18-,19+,23+,24?;;;/m0.../s1. The van der Waals surface area contributed by atoms with E-state index < -0.39 is 4.93 Å². The maximum atomic E-state index is 12.0. The molecule has 2 aromatic carbocycles. The monoisotopic (exact) mass is 678 g/mol. The predicted octanol–water partition coefficient (Wildman–Crippen LogP) is 3.87. The van der Waals surface area contributed by atoms with E-state index >= 15 is 0 Å². The molecule has 1 N–H and O–H groups in total. The first-order chi connectivity index (χ1) is 13.2. The van der Waals surface area contributed by atoms with Gasteiger partial charge in [-0.2, -0.15) is 0 Å². The van der Waals surface area contributed by atoms with Crippen LogP contribution in [0, 0.1) is 67.5 Å². The van der Waals surface area contributed by atoms with Gasteiger partial charge in [-0.25, -0.2) is 0 Å². The van der Waals surface area contributed by atoms with Gasteiger partial charge in [0.25, 0.3) is 0 Å². The second-order valence-corrected chi connectivity index (χ2v) is 17.9. The Hall–Kier alpha value is 2.02. The Morgan fingerprint density at radius 2 is 1.75 bits per heavy atom. The molecule has 28 heavy (non-hydrogen) atoms. The molecule has 5 atom stereocenters. The molecule has 1 aliphatic rings. The van der Waals surface area contributed by atoms with E-state index in [-0.39, 0.29) is 5.92 Å². The molecular weight excluding hydrogens is 648 g/mol. The second kappa shape index (κ2) is 10.3. The van der Waals surface area contributed by atoms with Gasteiger partial charge in [0.05, 0.1) is 0 Å². The van der Waals surface area contributed by atoms with Gasteiger partial charge in [-0.3, -0.25) is 0 Å². The van der Waals surface area contributed by atoms with Crippen molar-refractivity contribution in [3.63, 3.8) is 0 Å². The van der Waals surface area contributed by atoms with Gasteiger partial charge in [0.1, 0.15) is 0 Å². The summed E-state index contributed by atoms with van der Waals surface area (Å²) in [7, 11) is 0. The normalized spacial score (nSPS) is 30.4. The topological polar surface area (TPSA) is 20.2 Å². The van der Waals surface area contributed by atoms with E-state index in [2.05, 4.69) is 71.0 Å². The van der Waals surface area contributed by atoms with Crippen LogP contribution in [0.4, 0.5) is 0 Å². The molecule has 1 heterocycles. The molecule has 0 aromatic heterocycles. The zero-order chi connectivity index (χ0) is 20.6. The molecule has 4 heteroatoms. The summed E-state index contributed by atoms with van der Waals surface area (Å²) in [6, 6.07) is 13.9. The van der Waals surface area contributed by atoms with Crippen LogP contribution in [0.2, 0.25) is 0 Å². The van der Waals surface area contributed by atoms with Crippen LogP contribution in [-0.2, 0) is 11.4 Å². The quantitative estimate of drug-likeness (QED) is 0.531. The molecule has 2 aromatic rings. The predicted molar refractivity (Wildman–Crippen MR) is 120 cm³/mol. The maximum absolute atomic E-state index is 12.0. The molecular formula is C24H31ORaRbS. The number of thioether (sulfide) groups is 1. The van der Waals surface area contributed by atoms with Gasteiger partial charge in [-0.1, -0.05) is 0 Å². The van der Waals surface area contributed by atoms with E-state index in [0.717, 1.165) is 12.8 Å². The molecule has 1 saturated heterocycles. The van der Waals surface area contributed by atoms with E-state index in [1.807, 2.05) is 11.8 Å². The summed E-state index contributed by atoms with van der Waals surface area (Å²) in [5.74, 6) is 1.41. The van der Waals surface area contributed by atoms with Gasteiger partial charge in [-0.15, -0.1) is 0 Å². The fourth-order valence-electron chi connectivity index (χ4n) is 4.76. The van der Waals surface area contributed by atoms with Gasteiger partial charge < -0.3 is 0 Å². The van der Waals surface area contributed by atoms with Crippen molar-refractivity contribution < 1.29 is 47.9 Å². The minimum absolute atomic E-state index is 0.251. The number of aliphatic hydroxyl groups is 1. The Balaban J connectivity index is 2.02. The molecule has 0 bridgehead atoms. The summed E-state index contributed by atoms with van der Waals surface area (Å²) in [6.07, 6.45) is 2.11. The van der Waals surface area contributed by atoms with Crippen molar-refractivity contribution in [1.29, 1.82) is 0 Å². The molecule has 142 valence electrons. The van der Waals surface area contributed by atoms with Gasteiger partial charge in [0.2, 0.25) is 0 Å². The number of hydrogen-bond acceptors (Lipinski definition) is 2. The first kappa shape index (κ1) is 24.7. The van der Waals surface area contributed by atoms with Crippen LogP contribution < -0.4 is -0.764 Å². The zero-order valence-electron chi connectivity index (χ0n) is 18.5. The molecule has 1 fully saturated rings. The second-order valence-electron chi connectivity index (χ2n) is 9.02. The summed E-state index contributed by atoms with van der Waals surface area (Å²) in [4.78, 5) is -0.781. The van der Waals surface area contributed by atoms with Gasteiger partial charge >= 0.3 is 248 Å². The Morgan fingerprint density at radius 1 is 1.11 bits per heavy atom. The summed E-state index contributed by atoms with van der Waals surface area (Å²) in [5, 5.41) is 12.5. The van der Waals surface area contributed by atoms with Crippen LogP contribution in [0.15, 0.2) is 36.4 Å². The van der Waals surface area contributed by atoms with Crippen molar-refractivity contribution in [2.45, 2.75) is 57.6 Å². The van der Waals surface area contributed by atoms with Crippen molar-refractivity contribution in [1.82, 2.24) is 0 Å². The molecule has 0 aliphatic carbocycles. The van der Waals surface area contributed by atoms with Crippen molar-refractivity contribution in [2.75, 3.05) is 0 Å². The summed E-state index contributed by atoms with van der Waals surface area (Å²) in [6.45, 7) is 11.4. The van der Waals surface area contributed by atoms with Crippen LogP contribution >= 0.6 is 11.8 Å². The fraction of sp³-hybridized carbons (Fsp3) is 0.500. The number of hydrogen-bond donors (Lipinski definition) is 1. The van der Waals surface area contributed by atoms with E-state index in [9.17, 15) is 5.11 Å². The van der Waals surface area contributed by atoms with E-state index in [1.165, 1.54) is 21.5 Å². The summed E-state index contributed by atoms with van der Waals surface area (Å²) < 4.78 is 3.07. The zero-order valence-corrected chi connectivity index (χ0v) is 32.5. The minimum atomic E-state index is -0.781.